The van der Waals surface area contributed by atoms with Crippen molar-refractivity contribution in [1.82, 2.24) is 10.2 Å². The molecule has 0 radical (unpaired) electrons. The third-order valence-corrected chi connectivity index (χ3v) is 6.57. The van der Waals surface area contributed by atoms with E-state index in [0.29, 0.717) is 17.8 Å². The quantitative estimate of drug-likeness (QED) is 0.769. The number of benzene rings is 1. The standard InChI is InChI=1S/C23H31N3O2/c1-14-19(22-16(3)25-28-17(22)4)7-6-8-20(14)23(18-9-11-27-12-10-18)21-13-26(5)24-15(21)2/h6-8,18,21,23H,9-13H2,1-5H3. The maximum atomic E-state index is 5.68. The maximum Gasteiger partial charge on any atom is 0.141 e. The molecule has 0 bridgehead atoms. The molecule has 1 aromatic carbocycles. The molecular formula is C23H31N3O2. The van der Waals surface area contributed by atoms with Gasteiger partial charge in [-0.3, -0.25) is 5.01 Å². The molecule has 5 nitrogen and oxygen atoms in total. The maximum absolute atomic E-state index is 5.68. The summed E-state index contributed by atoms with van der Waals surface area (Å²) in [6.07, 6.45) is 2.24. The number of rotatable bonds is 4. The summed E-state index contributed by atoms with van der Waals surface area (Å²) in [5, 5.41) is 11.0. The smallest absolute Gasteiger partial charge is 0.141 e. The van der Waals surface area contributed by atoms with Gasteiger partial charge in [0, 0.05) is 44.0 Å². The minimum Gasteiger partial charge on any atom is -0.381 e. The first-order valence-corrected chi connectivity index (χ1v) is 10.3. The zero-order valence-corrected chi connectivity index (χ0v) is 17.7. The molecule has 2 atom stereocenters. The summed E-state index contributed by atoms with van der Waals surface area (Å²) in [5.74, 6) is 2.41. The normalized spacial score (nSPS) is 21.8. The van der Waals surface area contributed by atoms with Crippen molar-refractivity contribution in [3.05, 3.63) is 40.8 Å². The summed E-state index contributed by atoms with van der Waals surface area (Å²) in [4.78, 5) is 0. The number of hydrazone groups is 1. The minimum absolute atomic E-state index is 0.451. The molecule has 1 fully saturated rings. The fourth-order valence-corrected chi connectivity index (χ4v) is 5.20. The van der Waals surface area contributed by atoms with E-state index in [1.807, 2.05) is 13.8 Å². The molecule has 0 spiro atoms. The number of hydrogen-bond donors (Lipinski definition) is 0. The van der Waals surface area contributed by atoms with Gasteiger partial charge in [0.05, 0.1) is 5.69 Å². The Morgan fingerprint density at radius 1 is 1.11 bits per heavy atom. The van der Waals surface area contributed by atoms with E-state index < -0.39 is 0 Å². The Balaban J connectivity index is 1.81. The zero-order valence-electron chi connectivity index (χ0n) is 17.7. The Morgan fingerprint density at radius 3 is 2.46 bits per heavy atom. The van der Waals surface area contributed by atoms with Crippen LogP contribution in [0, 0.1) is 32.6 Å². The van der Waals surface area contributed by atoms with Gasteiger partial charge in [0.2, 0.25) is 0 Å². The molecule has 28 heavy (non-hydrogen) atoms. The van der Waals surface area contributed by atoms with Crippen LogP contribution in [0.3, 0.4) is 0 Å². The summed E-state index contributed by atoms with van der Waals surface area (Å²) >= 11 is 0. The van der Waals surface area contributed by atoms with Gasteiger partial charge in [0.15, 0.2) is 0 Å². The van der Waals surface area contributed by atoms with Crippen molar-refractivity contribution in [2.24, 2.45) is 16.9 Å². The number of ether oxygens (including phenoxy) is 1. The van der Waals surface area contributed by atoms with Crippen LogP contribution < -0.4 is 0 Å². The van der Waals surface area contributed by atoms with Crippen LogP contribution in [0.4, 0.5) is 0 Å². The van der Waals surface area contributed by atoms with Crippen molar-refractivity contribution in [3.8, 4) is 11.1 Å². The van der Waals surface area contributed by atoms with E-state index >= 15 is 0 Å². The van der Waals surface area contributed by atoms with Crippen molar-refractivity contribution >= 4 is 5.71 Å². The lowest BCUT2D eigenvalue weighted by Crippen LogP contribution is -2.32. The van der Waals surface area contributed by atoms with E-state index in [4.69, 9.17) is 14.4 Å². The van der Waals surface area contributed by atoms with Crippen molar-refractivity contribution in [1.29, 1.82) is 0 Å². The first-order valence-electron chi connectivity index (χ1n) is 10.3. The molecule has 0 saturated carbocycles. The predicted octanol–water partition coefficient (Wildman–Crippen LogP) is 4.71. The van der Waals surface area contributed by atoms with Crippen LogP contribution in [0.25, 0.3) is 11.1 Å². The SMILES string of the molecule is CC1=NN(C)CC1C(c1cccc(-c2c(C)noc2C)c1C)C1CCOCC1. The average Bonchev–Trinajstić information content (AvgIpc) is 3.19. The average molecular weight is 382 g/mol. The van der Waals surface area contributed by atoms with Crippen LogP contribution in [-0.4, -0.2) is 42.7 Å². The zero-order chi connectivity index (χ0) is 19.8. The topological polar surface area (TPSA) is 50.9 Å². The molecule has 1 aromatic heterocycles. The van der Waals surface area contributed by atoms with Crippen LogP contribution in [0.1, 0.15) is 48.3 Å². The lowest BCUT2D eigenvalue weighted by Gasteiger charge is -2.36. The van der Waals surface area contributed by atoms with Crippen molar-refractivity contribution in [2.45, 2.75) is 46.5 Å². The van der Waals surface area contributed by atoms with Crippen LogP contribution in [0.5, 0.6) is 0 Å². The molecule has 3 heterocycles. The van der Waals surface area contributed by atoms with Gasteiger partial charge in [0.1, 0.15) is 5.76 Å². The van der Waals surface area contributed by atoms with Crippen molar-refractivity contribution in [3.63, 3.8) is 0 Å². The van der Waals surface area contributed by atoms with E-state index in [1.54, 1.807) is 0 Å². The Labute approximate surface area is 167 Å². The first-order chi connectivity index (χ1) is 13.5. The van der Waals surface area contributed by atoms with Gasteiger partial charge in [-0.2, -0.15) is 5.10 Å². The van der Waals surface area contributed by atoms with Crippen molar-refractivity contribution in [2.75, 3.05) is 26.8 Å². The molecule has 2 aliphatic heterocycles. The first kappa shape index (κ1) is 19.2. The molecular weight excluding hydrogens is 350 g/mol. The second-order valence-corrected chi connectivity index (χ2v) is 8.38. The van der Waals surface area contributed by atoms with Crippen LogP contribution >= 0.6 is 0 Å². The molecule has 2 unspecified atom stereocenters. The van der Waals surface area contributed by atoms with E-state index in [9.17, 15) is 0 Å². The Kier molecular flexibility index (Phi) is 5.28. The van der Waals surface area contributed by atoms with Gasteiger partial charge in [-0.1, -0.05) is 23.4 Å². The summed E-state index contributed by atoms with van der Waals surface area (Å²) in [6, 6.07) is 6.72. The second-order valence-electron chi connectivity index (χ2n) is 8.38. The number of hydrogen-bond acceptors (Lipinski definition) is 5. The monoisotopic (exact) mass is 381 g/mol. The van der Waals surface area contributed by atoms with Gasteiger partial charge in [-0.15, -0.1) is 0 Å². The van der Waals surface area contributed by atoms with E-state index in [1.165, 1.54) is 22.4 Å². The molecule has 4 rings (SSSR count). The van der Waals surface area contributed by atoms with E-state index in [0.717, 1.165) is 49.6 Å². The van der Waals surface area contributed by atoms with Gasteiger partial charge in [0.25, 0.3) is 0 Å². The lowest BCUT2D eigenvalue weighted by molar-refractivity contribution is 0.0530. The number of aryl methyl sites for hydroxylation is 2. The summed E-state index contributed by atoms with van der Waals surface area (Å²) in [5.41, 5.74) is 7.38. The molecule has 5 heteroatoms. The van der Waals surface area contributed by atoms with Crippen LogP contribution in [0.2, 0.25) is 0 Å². The highest BCUT2D eigenvalue weighted by Gasteiger charge is 2.38. The van der Waals surface area contributed by atoms with Crippen LogP contribution in [-0.2, 0) is 4.74 Å². The Bertz CT molecular complexity index is 860. The molecule has 150 valence electrons. The molecule has 0 amide bonds. The van der Waals surface area contributed by atoms with Gasteiger partial charge >= 0.3 is 0 Å². The number of aromatic nitrogens is 1. The third-order valence-electron chi connectivity index (χ3n) is 6.57. The highest BCUT2D eigenvalue weighted by molar-refractivity contribution is 5.87. The Morgan fingerprint density at radius 2 is 1.86 bits per heavy atom. The summed E-state index contributed by atoms with van der Waals surface area (Å²) in [7, 11) is 2.08. The van der Waals surface area contributed by atoms with E-state index in [-0.39, 0.29) is 0 Å². The Hall–Kier alpha value is -2.14. The third kappa shape index (κ3) is 3.37. The molecule has 1 saturated heterocycles. The minimum atomic E-state index is 0.451. The van der Waals surface area contributed by atoms with Crippen molar-refractivity contribution < 1.29 is 9.26 Å². The van der Waals surface area contributed by atoms with E-state index in [2.05, 4.69) is 49.3 Å². The fraction of sp³-hybridized carbons (Fsp3) is 0.565. The van der Waals surface area contributed by atoms with Gasteiger partial charge < -0.3 is 9.26 Å². The summed E-state index contributed by atoms with van der Waals surface area (Å²) < 4.78 is 11.1. The highest BCUT2D eigenvalue weighted by atomic mass is 16.5. The second kappa shape index (κ2) is 7.70. The molecule has 0 N–H and O–H groups in total. The molecule has 2 aliphatic rings. The summed E-state index contributed by atoms with van der Waals surface area (Å²) in [6.45, 7) is 11.2. The van der Waals surface area contributed by atoms with Gasteiger partial charge in [-0.25, -0.2) is 0 Å². The largest absolute Gasteiger partial charge is 0.381 e. The highest BCUT2D eigenvalue weighted by Crippen LogP contribution is 2.44. The van der Waals surface area contributed by atoms with Gasteiger partial charge in [-0.05, 0) is 69.1 Å². The molecule has 0 aliphatic carbocycles. The lowest BCUT2D eigenvalue weighted by atomic mass is 9.70. The fourth-order valence-electron chi connectivity index (χ4n) is 5.20. The van der Waals surface area contributed by atoms with Crippen LogP contribution in [0.15, 0.2) is 27.8 Å². The number of nitrogens with zero attached hydrogens (tertiary/aromatic N) is 3. The molecule has 2 aromatic rings. The predicted molar refractivity (Wildman–Crippen MR) is 112 cm³/mol.